The Bertz CT molecular complexity index is 1880. The number of allylic oxidation sites excluding steroid dienone is 2. The maximum Gasteiger partial charge on any atom is 0.146 e. The van der Waals surface area contributed by atoms with Gasteiger partial charge in [-0.3, -0.25) is 9.89 Å². The molecule has 5 aromatic rings. The van der Waals surface area contributed by atoms with Crippen LogP contribution in [0.1, 0.15) is 60.8 Å². The molecular formula is C37H35N5. The van der Waals surface area contributed by atoms with Gasteiger partial charge in [-0.15, -0.1) is 0 Å². The molecule has 208 valence electrons. The average Bonchev–Trinajstić information content (AvgIpc) is 3.64. The first kappa shape index (κ1) is 25.4. The summed E-state index contributed by atoms with van der Waals surface area (Å²) in [5.41, 5.74) is 7.53. The van der Waals surface area contributed by atoms with Crippen molar-refractivity contribution < 1.29 is 0 Å². The number of hydrogen-bond donors (Lipinski definition) is 0. The molecule has 6 unspecified atom stereocenters. The van der Waals surface area contributed by atoms with Crippen molar-refractivity contribution in [1.82, 2.24) is 19.8 Å². The number of hydrazine groups is 1. The predicted octanol–water partition coefficient (Wildman–Crippen LogP) is 8.18. The SMILES string of the molecule is CC1=CC(C)=NC(c2ccc(C3N(C)C(c4cccc5ccccc45)N4C(c5cccc6ccccc56)N34)cc2)N1C. The van der Waals surface area contributed by atoms with Crippen LogP contribution in [0.25, 0.3) is 21.5 Å². The van der Waals surface area contributed by atoms with Crippen molar-refractivity contribution >= 4 is 27.3 Å². The number of fused-ring (bicyclic) bond motifs is 3. The minimum absolute atomic E-state index is 0.00921. The summed E-state index contributed by atoms with van der Waals surface area (Å²) in [6, 6.07) is 40.1. The first-order chi connectivity index (χ1) is 20.5. The van der Waals surface area contributed by atoms with Crippen LogP contribution in [0.5, 0.6) is 0 Å². The quantitative estimate of drug-likeness (QED) is 0.211. The number of nitrogens with zero attached hydrogens (tertiary/aromatic N) is 5. The second kappa shape index (κ2) is 9.63. The Kier molecular flexibility index (Phi) is 5.83. The molecule has 2 fully saturated rings. The van der Waals surface area contributed by atoms with Crippen molar-refractivity contribution in [2.75, 3.05) is 14.1 Å². The molecule has 6 atom stereocenters. The number of rotatable bonds is 4. The topological polar surface area (TPSA) is 24.9 Å². The Balaban J connectivity index is 1.22. The van der Waals surface area contributed by atoms with Crippen molar-refractivity contribution in [3.05, 3.63) is 143 Å². The van der Waals surface area contributed by atoms with Gasteiger partial charge in [-0.2, -0.15) is 10.0 Å². The summed E-state index contributed by atoms with van der Waals surface area (Å²) < 4.78 is 0. The molecular weight excluding hydrogens is 514 g/mol. The van der Waals surface area contributed by atoms with Crippen molar-refractivity contribution in [3.63, 3.8) is 0 Å². The summed E-state index contributed by atoms with van der Waals surface area (Å²) in [6.07, 6.45) is 2.59. The van der Waals surface area contributed by atoms with Gasteiger partial charge in [0, 0.05) is 18.5 Å². The van der Waals surface area contributed by atoms with Gasteiger partial charge in [0.15, 0.2) is 0 Å². The van der Waals surface area contributed by atoms with E-state index in [0.29, 0.717) is 0 Å². The van der Waals surface area contributed by atoms with E-state index < -0.39 is 0 Å². The first-order valence-corrected chi connectivity index (χ1v) is 14.8. The van der Waals surface area contributed by atoms with E-state index in [0.717, 1.165) is 5.71 Å². The predicted molar refractivity (Wildman–Crippen MR) is 171 cm³/mol. The molecule has 0 spiro atoms. The lowest BCUT2D eigenvalue weighted by Crippen LogP contribution is -2.30. The van der Waals surface area contributed by atoms with Crippen LogP contribution >= 0.6 is 0 Å². The third kappa shape index (κ3) is 3.85. The fourth-order valence-corrected chi connectivity index (χ4v) is 7.26. The number of hydrogen-bond acceptors (Lipinski definition) is 5. The minimum Gasteiger partial charge on any atom is -0.353 e. The second-order valence-electron chi connectivity index (χ2n) is 11.9. The highest BCUT2D eigenvalue weighted by atomic mass is 16.0. The van der Waals surface area contributed by atoms with Crippen molar-refractivity contribution in [1.29, 1.82) is 0 Å². The molecule has 0 aromatic heterocycles. The molecule has 5 nitrogen and oxygen atoms in total. The summed E-state index contributed by atoms with van der Waals surface area (Å²) in [5.74, 6) is 0. The lowest BCUT2D eigenvalue weighted by molar-refractivity contribution is 0.145. The van der Waals surface area contributed by atoms with Gasteiger partial charge in [0.1, 0.15) is 24.7 Å². The zero-order valence-corrected chi connectivity index (χ0v) is 24.5. The molecule has 0 saturated carbocycles. The van der Waals surface area contributed by atoms with Crippen molar-refractivity contribution in [2.24, 2.45) is 4.99 Å². The number of aliphatic imine (C=N–C) groups is 1. The smallest absolute Gasteiger partial charge is 0.146 e. The van der Waals surface area contributed by atoms with E-state index in [2.05, 4.69) is 163 Å². The third-order valence-electron chi connectivity index (χ3n) is 9.39. The van der Waals surface area contributed by atoms with Gasteiger partial charge in [0.2, 0.25) is 0 Å². The molecule has 42 heavy (non-hydrogen) atoms. The lowest BCUT2D eigenvalue weighted by atomic mass is 9.99. The molecule has 0 radical (unpaired) electrons. The van der Waals surface area contributed by atoms with Crippen LogP contribution < -0.4 is 0 Å². The summed E-state index contributed by atoms with van der Waals surface area (Å²) in [7, 11) is 4.40. The monoisotopic (exact) mass is 549 g/mol. The zero-order chi connectivity index (χ0) is 28.5. The fraction of sp³-hybridized carbons (Fsp3) is 0.216. The van der Waals surface area contributed by atoms with E-state index in [1.54, 1.807) is 0 Å². The Morgan fingerprint density at radius 2 is 1.07 bits per heavy atom. The van der Waals surface area contributed by atoms with E-state index in [-0.39, 0.29) is 24.7 Å². The van der Waals surface area contributed by atoms with Crippen LogP contribution in [0.3, 0.4) is 0 Å². The molecule has 0 aliphatic carbocycles. The Morgan fingerprint density at radius 3 is 1.71 bits per heavy atom. The maximum absolute atomic E-state index is 4.95. The third-order valence-corrected chi connectivity index (χ3v) is 9.39. The highest BCUT2D eigenvalue weighted by Gasteiger charge is 2.63. The van der Waals surface area contributed by atoms with Crippen LogP contribution in [-0.2, 0) is 0 Å². The van der Waals surface area contributed by atoms with Crippen LogP contribution in [0, 0.1) is 0 Å². The summed E-state index contributed by atoms with van der Waals surface area (Å²) in [5, 5.41) is 10.4. The summed E-state index contributed by atoms with van der Waals surface area (Å²) in [4.78, 5) is 9.73. The Morgan fingerprint density at radius 1 is 0.548 bits per heavy atom. The van der Waals surface area contributed by atoms with Gasteiger partial charge in [0.05, 0.1) is 0 Å². The van der Waals surface area contributed by atoms with Gasteiger partial charge in [-0.1, -0.05) is 109 Å². The van der Waals surface area contributed by atoms with Crippen molar-refractivity contribution in [2.45, 2.75) is 38.5 Å². The highest BCUT2D eigenvalue weighted by molar-refractivity contribution is 5.94. The zero-order valence-electron chi connectivity index (χ0n) is 24.5. The summed E-state index contributed by atoms with van der Waals surface area (Å²) in [6.45, 7) is 4.24. The molecule has 3 heterocycles. The first-order valence-electron chi connectivity index (χ1n) is 14.8. The molecule has 0 amide bonds. The van der Waals surface area contributed by atoms with Crippen LogP contribution in [0.2, 0.25) is 0 Å². The Hall–Kier alpha value is -4.29. The normalized spacial score (nSPS) is 27.2. The lowest BCUT2D eigenvalue weighted by Gasteiger charge is -2.32. The van der Waals surface area contributed by atoms with E-state index in [1.165, 1.54) is 49.5 Å². The van der Waals surface area contributed by atoms with Crippen molar-refractivity contribution in [3.8, 4) is 0 Å². The summed E-state index contributed by atoms with van der Waals surface area (Å²) >= 11 is 0. The number of benzene rings is 5. The molecule has 0 bridgehead atoms. The molecule has 3 aliphatic heterocycles. The van der Waals surface area contributed by atoms with Gasteiger partial charge in [-0.05, 0) is 70.8 Å². The van der Waals surface area contributed by atoms with E-state index in [9.17, 15) is 0 Å². The largest absolute Gasteiger partial charge is 0.353 e. The van der Waals surface area contributed by atoms with E-state index >= 15 is 0 Å². The van der Waals surface area contributed by atoms with Gasteiger partial charge >= 0.3 is 0 Å². The molecule has 8 rings (SSSR count). The molecule has 5 heteroatoms. The average molecular weight is 550 g/mol. The molecule has 3 aliphatic rings. The van der Waals surface area contributed by atoms with Gasteiger partial charge in [0.25, 0.3) is 0 Å². The van der Waals surface area contributed by atoms with Crippen LogP contribution in [0.4, 0.5) is 0 Å². The maximum atomic E-state index is 4.95. The van der Waals surface area contributed by atoms with Crippen LogP contribution in [-0.4, -0.2) is 39.6 Å². The van der Waals surface area contributed by atoms with E-state index in [4.69, 9.17) is 4.99 Å². The van der Waals surface area contributed by atoms with Gasteiger partial charge < -0.3 is 4.90 Å². The second-order valence-corrected chi connectivity index (χ2v) is 11.9. The minimum atomic E-state index is 0.00921. The van der Waals surface area contributed by atoms with Crippen LogP contribution in [0.15, 0.2) is 126 Å². The van der Waals surface area contributed by atoms with Gasteiger partial charge in [-0.25, -0.2) is 0 Å². The Labute approximate surface area is 247 Å². The standard InChI is InChI=1S/C37H35N5/c1-24-23-25(2)39(3)34(38-24)28-19-21-29(22-20-28)35-40(4)36(32-17-9-13-26-11-5-7-15-30(26)32)42-37(41(35)42)33-18-10-14-27-12-6-8-16-31(27)33/h5-23,34-37H,1-4H3. The van der Waals surface area contributed by atoms with E-state index in [1.807, 2.05) is 0 Å². The molecule has 5 aromatic carbocycles. The highest BCUT2D eigenvalue weighted by Crippen LogP contribution is 2.62. The molecule has 2 saturated heterocycles. The fourth-order valence-electron chi connectivity index (χ4n) is 7.26. The molecule has 0 N–H and O–H groups in total.